The van der Waals surface area contributed by atoms with Gasteiger partial charge in [-0.2, -0.15) is 0 Å². The molecule has 1 heterocycles. The van der Waals surface area contributed by atoms with Crippen molar-refractivity contribution < 1.29 is 9.21 Å². The molecule has 0 spiro atoms. The van der Waals surface area contributed by atoms with Crippen LogP contribution in [0.1, 0.15) is 31.3 Å². The van der Waals surface area contributed by atoms with Crippen molar-refractivity contribution in [3.8, 4) is 0 Å². The molecule has 60 valence electrons. The number of hydrogen-bond acceptors (Lipinski definition) is 2. The van der Waals surface area contributed by atoms with E-state index < -0.39 is 0 Å². The van der Waals surface area contributed by atoms with E-state index in [9.17, 15) is 4.79 Å². The van der Waals surface area contributed by atoms with Gasteiger partial charge < -0.3 is 4.42 Å². The number of hydrogen-bond donors (Lipinski definition) is 0. The van der Waals surface area contributed by atoms with Crippen molar-refractivity contribution in [1.29, 1.82) is 0 Å². The smallest absolute Gasteiger partial charge is 0.203 e. The van der Waals surface area contributed by atoms with Crippen molar-refractivity contribution in [1.82, 2.24) is 0 Å². The zero-order valence-electron chi connectivity index (χ0n) is 7.05. The largest absolute Gasteiger partial charge is 0.461 e. The van der Waals surface area contributed by atoms with Gasteiger partial charge in [0, 0.05) is 5.41 Å². The van der Waals surface area contributed by atoms with Crippen molar-refractivity contribution >= 4 is 5.78 Å². The molecule has 0 unspecified atom stereocenters. The third kappa shape index (κ3) is 1.70. The van der Waals surface area contributed by atoms with Crippen LogP contribution < -0.4 is 0 Å². The summed E-state index contributed by atoms with van der Waals surface area (Å²) in [6, 6.07) is 3.41. The van der Waals surface area contributed by atoms with Gasteiger partial charge >= 0.3 is 0 Å². The Kier molecular flexibility index (Phi) is 1.85. The third-order valence-corrected chi connectivity index (χ3v) is 1.43. The van der Waals surface area contributed by atoms with Gasteiger partial charge in [0.1, 0.15) is 0 Å². The van der Waals surface area contributed by atoms with Crippen LogP contribution in [0.3, 0.4) is 0 Å². The second-order valence-corrected chi connectivity index (χ2v) is 3.56. The molecular weight excluding hydrogens is 140 g/mol. The number of rotatable bonds is 1. The molecular formula is C9H12O2. The molecule has 2 nitrogen and oxygen atoms in total. The average Bonchev–Trinajstić information content (AvgIpc) is 2.34. The first kappa shape index (κ1) is 8.05. The van der Waals surface area contributed by atoms with Crippen LogP contribution >= 0.6 is 0 Å². The Labute approximate surface area is 66.2 Å². The maximum Gasteiger partial charge on any atom is 0.203 e. The minimum Gasteiger partial charge on any atom is -0.461 e. The number of furan rings is 1. The Bertz CT molecular complexity index is 239. The summed E-state index contributed by atoms with van der Waals surface area (Å²) in [4.78, 5) is 11.4. The first-order chi connectivity index (χ1) is 5.02. The topological polar surface area (TPSA) is 30.2 Å². The van der Waals surface area contributed by atoms with Crippen LogP contribution in [0.25, 0.3) is 0 Å². The summed E-state index contributed by atoms with van der Waals surface area (Å²) in [5, 5.41) is 0. The van der Waals surface area contributed by atoms with Gasteiger partial charge in [-0.05, 0) is 12.1 Å². The molecule has 0 aliphatic rings. The van der Waals surface area contributed by atoms with Crippen LogP contribution in [0.4, 0.5) is 0 Å². The monoisotopic (exact) mass is 152 g/mol. The van der Waals surface area contributed by atoms with Crippen LogP contribution in [0.5, 0.6) is 0 Å². The quantitative estimate of drug-likeness (QED) is 0.579. The predicted molar refractivity (Wildman–Crippen MR) is 42.5 cm³/mol. The van der Waals surface area contributed by atoms with Crippen molar-refractivity contribution in [3.05, 3.63) is 24.2 Å². The van der Waals surface area contributed by atoms with E-state index in [4.69, 9.17) is 4.42 Å². The fourth-order valence-electron chi connectivity index (χ4n) is 0.777. The molecule has 0 aliphatic heterocycles. The molecule has 0 aliphatic carbocycles. The van der Waals surface area contributed by atoms with Gasteiger partial charge in [-0.15, -0.1) is 0 Å². The Morgan fingerprint density at radius 1 is 1.45 bits per heavy atom. The fraction of sp³-hybridized carbons (Fsp3) is 0.444. The first-order valence-corrected chi connectivity index (χ1v) is 3.60. The maximum atomic E-state index is 11.4. The molecule has 0 fully saturated rings. The lowest BCUT2D eigenvalue weighted by atomic mass is 9.89. The van der Waals surface area contributed by atoms with Crippen LogP contribution in [-0.2, 0) is 0 Å². The van der Waals surface area contributed by atoms with Crippen molar-refractivity contribution in [2.24, 2.45) is 5.41 Å². The molecule has 0 saturated carbocycles. The molecule has 0 atom stereocenters. The molecule has 0 aromatic carbocycles. The summed E-state index contributed by atoms with van der Waals surface area (Å²) in [6.07, 6.45) is 1.51. The maximum absolute atomic E-state index is 11.4. The highest BCUT2D eigenvalue weighted by molar-refractivity contribution is 5.97. The lowest BCUT2D eigenvalue weighted by Crippen LogP contribution is -2.19. The van der Waals surface area contributed by atoms with E-state index in [1.165, 1.54) is 6.26 Å². The van der Waals surface area contributed by atoms with E-state index in [0.717, 1.165) is 0 Å². The summed E-state index contributed by atoms with van der Waals surface area (Å²) < 4.78 is 4.97. The molecule has 0 radical (unpaired) electrons. The average molecular weight is 152 g/mol. The van der Waals surface area contributed by atoms with Gasteiger partial charge in [-0.3, -0.25) is 4.79 Å². The van der Waals surface area contributed by atoms with Crippen molar-refractivity contribution in [2.45, 2.75) is 20.8 Å². The number of Topliss-reactive ketones (excluding diaryl/α,β-unsaturated/α-hetero) is 1. The van der Waals surface area contributed by atoms with Crippen molar-refractivity contribution in [3.63, 3.8) is 0 Å². The van der Waals surface area contributed by atoms with E-state index >= 15 is 0 Å². The molecule has 0 N–H and O–H groups in total. The highest BCUT2D eigenvalue weighted by Crippen LogP contribution is 2.20. The van der Waals surface area contributed by atoms with Gasteiger partial charge in [0.2, 0.25) is 5.78 Å². The van der Waals surface area contributed by atoms with Gasteiger partial charge in [-0.1, -0.05) is 20.8 Å². The number of carbonyl (C=O) groups excluding carboxylic acids is 1. The van der Waals surface area contributed by atoms with Gasteiger partial charge in [0.25, 0.3) is 0 Å². The Morgan fingerprint density at radius 2 is 2.09 bits per heavy atom. The van der Waals surface area contributed by atoms with Crippen LogP contribution in [-0.4, -0.2) is 5.78 Å². The predicted octanol–water partition coefficient (Wildman–Crippen LogP) is 2.51. The molecule has 1 aromatic rings. The second kappa shape index (κ2) is 2.53. The SMILES string of the molecule is CC(C)(C)C(=O)c1ccco1. The zero-order valence-corrected chi connectivity index (χ0v) is 7.05. The minimum absolute atomic E-state index is 0.0440. The summed E-state index contributed by atoms with van der Waals surface area (Å²) >= 11 is 0. The Morgan fingerprint density at radius 3 is 2.45 bits per heavy atom. The van der Waals surface area contributed by atoms with Gasteiger partial charge in [0.15, 0.2) is 5.76 Å². The molecule has 1 rings (SSSR count). The summed E-state index contributed by atoms with van der Waals surface area (Å²) in [5.41, 5.74) is -0.349. The van der Waals surface area contributed by atoms with Crippen molar-refractivity contribution in [2.75, 3.05) is 0 Å². The molecule has 11 heavy (non-hydrogen) atoms. The molecule has 0 bridgehead atoms. The number of ketones is 1. The van der Waals surface area contributed by atoms with Crippen LogP contribution in [0.15, 0.2) is 22.8 Å². The molecule has 1 aromatic heterocycles. The Hall–Kier alpha value is -1.05. The minimum atomic E-state index is -0.349. The van der Waals surface area contributed by atoms with Crippen LogP contribution in [0, 0.1) is 5.41 Å². The summed E-state index contributed by atoms with van der Waals surface area (Å²) in [7, 11) is 0. The highest BCUT2D eigenvalue weighted by Gasteiger charge is 2.24. The second-order valence-electron chi connectivity index (χ2n) is 3.56. The first-order valence-electron chi connectivity index (χ1n) is 3.60. The highest BCUT2D eigenvalue weighted by atomic mass is 16.3. The zero-order chi connectivity index (χ0) is 8.48. The number of carbonyl (C=O) groups is 1. The van der Waals surface area contributed by atoms with E-state index in [1.54, 1.807) is 12.1 Å². The van der Waals surface area contributed by atoms with E-state index in [2.05, 4.69) is 0 Å². The third-order valence-electron chi connectivity index (χ3n) is 1.43. The Balaban J connectivity index is 2.88. The van der Waals surface area contributed by atoms with Gasteiger partial charge in [-0.25, -0.2) is 0 Å². The van der Waals surface area contributed by atoms with E-state index in [-0.39, 0.29) is 11.2 Å². The van der Waals surface area contributed by atoms with E-state index in [0.29, 0.717) is 5.76 Å². The van der Waals surface area contributed by atoms with Crippen LogP contribution in [0.2, 0.25) is 0 Å². The summed E-state index contributed by atoms with van der Waals surface area (Å²) in [6.45, 7) is 5.62. The van der Waals surface area contributed by atoms with Gasteiger partial charge in [0.05, 0.1) is 6.26 Å². The van der Waals surface area contributed by atoms with E-state index in [1.807, 2.05) is 20.8 Å². The normalized spacial score (nSPS) is 11.5. The standard InChI is InChI=1S/C9H12O2/c1-9(2,3)8(10)7-5-4-6-11-7/h4-6H,1-3H3. The molecule has 0 amide bonds. The molecule has 2 heteroatoms. The molecule has 0 saturated heterocycles. The lowest BCUT2D eigenvalue weighted by Gasteiger charge is -2.13. The summed E-state index contributed by atoms with van der Waals surface area (Å²) in [5.74, 6) is 0.486. The lowest BCUT2D eigenvalue weighted by molar-refractivity contribution is 0.0828. The fourth-order valence-corrected chi connectivity index (χ4v) is 0.777.